The van der Waals surface area contributed by atoms with Crippen LogP contribution in [0.15, 0.2) is 42.6 Å². The van der Waals surface area contributed by atoms with Gasteiger partial charge in [-0.2, -0.15) is 0 Å². The minimum atomic E-state index is -0.101. The highest BCUT2D eigenvalue weighted by atomic mass is 35.5. The van der Waals surface area contributed by atoms with Crippen LogP contribution in [0.4, 0.5) is 0 Å². The van der Waals surface area contributed by atoms with Crippen LogP contribution in [0.25, 0.3) is 0 Å². The number of ether oxygens (including phenoxy) is 2. The number of hydrogen-bond donors (Lipinski definition) is 1. The van der Waals surface area contributed by atoms with Crippen molar-refractivity contribution < 1.29 is 9.47 Å². The van der Waals surface area contributed by atoms with Crippen LogP contribution in [-0.4, -0.2) is 34.6 Å². The van der Waals surface area contributed by atoms with E-state index in [9.17, 15) is 0 Å². The lowest BCUT2D eigenvalue weighted by atomic mass is 9.97. The van der Waals surface area contributed by atoms with Crippen LogP contribution in [0.3, 0.4) is 0 Å². The van der Waals surface area contributed by atoms with Crippen molar-refractivity contribution in [3.05, 3.63) is 53.7 Å². The number of halogens is 2. The molecule has 4 heterocycles. The van der Waals surface area contributed by atoms with Gasteiger partial charge in [-0.3, -0.25) is 4.90 Å². The highest BCUT2D eigenvalue weighted by molar-refractivity contribution is 5.85. The fourth-order valence-electron chi connectivity index (χ4n) is 4.70. The van der Waals surface area contributed by atoms with Crippen LogP contribution in [0.2, 0.25) is 0 Å². The maximum absolute atomic E-state index is 6.19. The minimum Gasteiger partial charge on any atom is -0.484 e. The maximum Gasteiger partial charge on any atom is 0.257 e. The molecule has 1 aromatic carbocycles. The summed E-state index contributed by atoms with van der Waals surface area (Å²) in [4.78, 5) is 6.92. The zero-order valence-corrected chi connectivity index (χ0v) is 17.3. The van der Waals surface area contributed by atoms with E-state index >= 15 is 0 Å². The molecular formula is C21H27Cl2N3O2. The van der Waals surface area contributed by atoms with Crippen LogP contribution in [0, 0.1) is 0 Å². The molecule has 2 aromatic rings. The molecule has 2 saturated heterocycles. The van der Waals surface area contributed by atoms with Crippen molar-refractivity contribution in [2.75, 3.05) is 6.61 Å². The molecule has 0 radical (unpaired) electrons. The van der Waals surface area contributed by atoms with E-state index in [2.05, 4.69) is 34.1 Å². The predicted octanol–water partition coefficient (Wildman–Crippen LogP) is 3.89. The molecule has 5 rings (SSSR count). The van der Waals surface area contributed by atoms with E-state index in [0.717, 1.165) is 30.7 Å². The number of hydrogen-bond acceptors (Lipinski definition) is 5. The van der Waals surface area contributed by atoms with Crippen molar-refractivity contribution in [2.24, 2.45) is 5.73 Å². The van der Waals surface area contributed by atoms with Crippen molar-refractivity contribution in [3.63, 3.8) is 0 Å². The van der Waals surface area contributed by atoms with Gasteiger partial charge in [0.15, 0.2) is 11.9 Å². The zero-order valence-electron chi connectivity index (χ0n) is 15.7. The molecule has 2 N–H and O–H groups in total. The first-order valence-electron chi connectivity index (χ1n) is 9.61. The van der Waals surface area contributed by atoms with Gasteiger partial charge >= 0.3 is 0 Å². The molecule has 1 aromatic heterocycles. The second kappa shape index (κ2) is 8.87. The molecule has 3 aliphatic rings. The molecule has 0 saturated carbocycles. The largest absolute Gasteiger partial charge is 0.484 e. The number of rotatable bonds is 3. The van der Waals surface area contributed by atoms with Gasteiger partial charge in [0.25, 0.3) is 5.88 Å². The van der Waals surface area contributed by atoms with Crippen LogP contribution in [-0.2, 0) is 6.54 Å². The summed E-state index contributed by atoms with van der Waals surface area (Å²) in [5.74, 6) is 1.30. The lowest BCUT2D eigenvalue weighted by Crippen LogP contribution is -2.46. The van der Waals surface area contributed by atoms with Gasteiger partial charge in [0.05, 0.1) is 0 Å². The number of nitrogens with two attached hydrogens (primary N) is 1. The average molecular weight is 424 g/mol. The molecule has 2 bridgehead atoms. The average Bonchev–Trinajstić information content (AvgIpc) is 2.91. The van der Waals surface area contributed by atoms with E-state index in [1.807, 2.05) is 12.1 Å². The number of pyridine rings is 1. The number of nitrogens with zero attached hydrogens (tertiary/aromatic N) is 2. The Hall–Kier alpha value is -1.53. The molecule has 28 heavy (non-hydrogen) atoms. The molecule has 0 aliphatic carbocycles. The SMILES string of the molecule is Cl.Cl.NC1CC2CCC(C1)N2Cc1ccc([C@H]2COc3cccnc3O2)cc1. The normalized spacial score (nSPS) is 28.2. The minimum absolute atomic E-state index is 0. The van der Waals surface area contributed by atoms with Crippen LogP contribution < -0.4 is 15.2 Å². The fraction of sp³-hybridized carbons (Fsp3) is 0.476. The Bertz CT molecular complexity index is 775. The number of fused-ring (bicyclic) bond motifs is 3. The molecule has 3 atom stereocenters. The fourth-order valence-corrected chi connectivity index (χ4v) is 4.70. The quantitative estimate of drug-likeness (QED) is 0.810. The van der Waals surface area contributed by atoms with Crippen molar-refractivity contribution >= 4 is 24.8 Å². The number of aromatic nitrogens is 1. The molecule has 7 heteroatoms. The Balaban J connectivity index is 0.00000112. The van der Waals surface area contributed by atoms with Crippen LogP contribution >= 0.6 is 24.8 Å². The summed E-state index contributed by atoms with van der Waals surface area (Å²) < 4.78 is 11.8. The van der Waals surface area contributed by atoms with E-state index in [1.54, 1.807) is 6.20 Å². The monoisotopic (exact) mass is 423 g/mol. The lowest BCUT2D eigenvalue weighted by molar-refractivity contribution is 0.0850. The number of piperidine rings is 1. The molecular weight excluding hydrogens is 397 g/mol. The summed E-state index contributed by atoms with van der Waals surface area (Å²) in [6, 6.07) is 14.2. The molecule has 3 aliphatic heterocycles. The summed E-state index contributed by atoms with van der Waals surface area (Å²) in [5, 5.41) is 0. The Labute approximate surface area is 178 Å². The van der Waals surface area contributed by atoms with Crippen LogP contribution in [0.1, 0.15) is 42.9 Å². The predicted molar refractivity (Wildman–Crippen MR) is 114 cm³/mol. The van der Waals surface area contributed by atoms with Crippen molar-refractivity contribution in [3.8, 4) is 11.6 Å². The van der Waals surface area contributed by atoms with Gasteiger partial charge in [0.2, 0.25) is 0 Å². The van der Waals surface area contributed by atoms with E-state index < -0.39 is 0 Å². The summed E-state index contributed by atoms with van der Waals surface area (Å²) in [7, 11) is 0. The third-order valence-corrected chi connectivity index (χ3v) is 6.02. The summed E-state index contributed by atoms with van der Waals surface area (Å²) in [5.41, 5.74) is 8.68. The summed E-state index contributed by atoms with van der Waals surface area (Å²) in [6.07, 6.45) is 6.52. The zero-order chi connectivity index (χ0) is 17.5. The van der Waals surface area contributed by atoms with Gasteiger partial charge in [-0.15, -0.1) is 24.8 Å². The third-order valence-electron chi connectivity index (χ3n) is 6.02. The topological polar surface area (TPSA) is 60.6 Å². The molecule has 0 spiro atoms. The first-order chi connectivity index (χ1) is 12.8. The van der Waals surface area contributed by atoms with Crippen molar-refractivity contribution in [1.29, 1.82) is 0 Å². The van der Waals surface area contributed by atoms with Gasteiger partial charge in [-0.05, 0) is 48.9 Å². The second-order valence-corrected chi connectivity index (χ2v) is 7.75. The summed E-state index contributed by atoms with van der Waals surface area (Å²) >= 11 is 0. The van der Waals surface area contributed by atoms with E-state index in [-0.39, 0.29) is 30.9 Å². The molecule has 2 unspecified atom stereocenters. The first-order valence-corrected chi connectivity index (χ1v) is 9.61. The smallest absolute Gasteiger partial charge is 0.257 e. The molecule has 2 fully saturated rings. The van der Waals surface area contributed by atoms with Gasteiger partial charge in [-0.1, -0.05) is 24.3 Å². The third kappa shape index (κ3) is 4.08. The Morgan fingerprint density at radius 3 is 2.46 bits per heavy atom. The van der Waals surface area contributed by atoms with Crippen molar-refractivity contribution in [2.45, 2.75) is 56.5 Å². The first kappa shape index (κ1) is 21.2. The van der Waals surface area contributed by atoms with Gasteiger partial charge in [0, 0.05) is 30.9 Å². The Morgan fingerprint density at radius 1 is 1.04 bits per heavy atom. The maximum atomic E-state index is 6.19. The highest BCUT2D eigenvalue weighted by Crippen LogP contribution is 2.37. The number of benzene rings is 1. The molecule has 5 nitrogen and oxygen atoms in total. The standard InChI is InChI=1S/C21H25N3O2.2ClH/c22-16-10-17-7-8-18(11-16)24(17)12-14-3-5-15(6-4-14)20-13-25-19-2-1-9-23-21(19)26-20;;/h1-6,9,16-18,20H,7-8,10-13,22H2;2*1H/t16?,17?,18?,20-;;/m1../s1. The summed E-state index contributed by atoms with van der Waals surface area (Å²) in [6.45, 7) is 1.54. The van der Waals surface area contributed by atoms with E-state index in [4.69, 9.17) is 15.2 Å². The Morgan fingerprint density at radius 2 is 1.75 bits per heavy atom. The van der Waals surface area contributed by atoms with E-state index in [0.29, 0.717) is 30.6 Å². The molecule has 0 amide bonds. The van der Waals surface area contributed by atoms with Crippen molar-refractivity contribution in [1.82, 2.24) is 9.88 Å². The van der Waals surface area contributed by atoms with Gasteiger partial charge in [-0.25, -0.2) is 4.98 Å². The molecule has 152 valence electrons. The van der Waals surface area contributed by atoms with Gasteiger partial charge in [0.1, 0.15) is 6.61 Å². The highest BCUT2D eigenvalue weighted by Gasteiger charge is 2.39. The lowest BCUT2D eigenvalue weighted by Gasteiger charge is -2.37. The Kier molecular flexibility index (Phi) is 6.71. The van der Waals surface area contributed by atoms with Gasteiger partial charge < -0.3 is 15.2 Å². The van der Waals surface area contributed by atoms with E-state index in [1.165, 1.54) is 18.4 Å². The second-order valence-electron chi connectivity index (χ2n) is 7.75. The van der Waals surface area contributed by atoms with Crippen LogP contribution in [0.5, 0.6) is 11.6 Å².